The van der Waals surface area contributed by atoms with Crippen LogP contribution in [0, 0.1) is 0 Å². The molecule has 0 aromatic heterocycles. The average molecular weight is 274 g/mol. The SMILES string of the molecule is C=Cc1ccc(NC(=O)N2CCC[C@H]2COCC)cc1. The molecular weight excluding hydrogens is 252 g/mol. The molecule has 0 aliphatic carbocycles. The van der Waals surface area contributed by atoms with E-state index in [0.717, 1.165) is 30.6 Å². The molecule has 20 heavy (non-hydrogen) atoms. The number of hydrogen-bond donors (Lipinski definition) is 1. The van der Waals surface area contributed by atoms with E-state index < -0.39 is 0 Å². The molecule has 0 spiro atoms. The minimum atomic E-state index is -0.0430. The molecule has 0 bridgehead atoms. The maximum absolute atomic E-state index is 12.3. The van der Waals surface area contributed by atoms with Gasteiger partial charge in [-0.1, -0.05) is 24.8 Å². The van der Waals surface area contributed by atoms with Gasteiger partial charge in [0, 0.05) is 18.8 Å². The zero-order chi connectivity index (χ0) is 14.4. The number of urea groups is 1. The molecule has 1 heterocycles. The minimum Gasteiger partial charge on any atom is -0.380 e. The fourth-order valence-corrected chi connectivity index (χ4v) is 2.43. The number of amides is 2. The second-order valence-electron chi connectivity index (χ2n) is 4.91. The Bertz CT molecular complexity index is 456. The van der Waals surface area contributed by atoms with Gasteiger partial charge in [0.2, 0.25) is 0 Å². The Hall–Kier alpha value is -1.81. The third kappa shape index (κ3) is 3.61. The Morgan fingerprint density at radius 3 is 2.90 bits per heavy atom. The van der Waals surface area contributed by atoms with Crippen molar-refractivity contribution >= 4 is 17.8 Å². The van der Waals surface area contributed by atoms with Crippen LogP contribution in [0.1, 0.15) is 25.3 Å². The van der Waals surface area contributed by atoms with Crippen LogP contribution in [0.3, 0.4) is 0 Å². The molecule has 1 saturated heterocycles. The van der Waals surface area contributed by atoms with Gasteiger partial charge in [-0.3, -0.25) is 0 Å². The predicted octanol–water partition coefficient (Wildman–Crippen LogP) is 3.36. The molecule has 1 N–H and O–H groups in total. The van der Waals surface area contributed by atoms with Crippen LogP contribution < -0.4 is 5.32 Å². The highest BCUT2D eigenvalue weighted by Gasteiger charge is 2.28. The number of nitrogens with zero attached hydrogens (tertiary/aromatic N) is 1. The number of anilines is 1. The molecule has 0 radical (unpaired) electrons. The largest absolute Gasteiger partial charge is 0.380 e. The molecule has 2 rings (SSSR count). The van der Waals surface area contributed by atoms with Crippen LogP contribution in [-0.4, -0.2) is 36.7 Å². The van der Waals surface area contributed by atoms with Crippen molar-refractivity contribution in [2.45, 2.75) is 25.8 Å². The number of benzene rings is 1. The first-order valence-corrected chi connectivity index (χ1v) is 7.12. The molecule has 108 valence electrons. The summed E-state index contributed by atoms with van der Waals surface area (Å²) in [6.45, 7) is 7.80. The average Bonchev–Trinajstić information content (AvgIpc) is 2.94. The van der Waals surface area contributed by atoms with Crippen LogP contribution in [0.15, 0.2) is 30.8 Å². The maximum Gasteiger partial charge on any atom is 0.322 e. The zero-order valence-corrected chi connectivity index (χ0v) is 12.0. The van der Waals surface area contributed by atoms with Crippen molar-refractivity contribution in [1.29, 1.82) is 0 Å². The van der Waals surface area contributed by atoms with E-state index in [1.807, 2.05) is 36.1 Å². The Labute approximate surface area is 120 Å². The third-order valence-corrected chi connectivity index (χ3v) is 3.55. The quantitative estimate of drug-likeness (QED) is 0.894. The molecule has 1 aliphatic heterocycles. The van der Waals surface area contributed by atoms with Crippen LogP contribution in [0.5, 0.6) is 0 Å². The van der Waals surface area contributed by atoms with Crippen LogP contribution in [0.2, 0.25) is 0 Å². The lowest BCUT2D eigenvalue weighted by Gasteiger charge is -2.24. The van der Waals surface area contributed by atoms with E-state index >= 15 is 0 Å². The molecule has 0 unspecified atom stereocenters. The normalized spacial score (nSPS) is 18.1. The monoisotopic (exact) mass is 274 g/mol. The van der Waals surface area contributed by atoms with Crippen LogP contribution in [-0.2, 0) is 4.74 Å². The van der Waals surface area contributed by atoms with Gasteiger partial charge in [0.05, 0.1) is 12.6 Å². The molecule has 0 saturated carbocycles. The van der Waals surface area contributed by atoms with Gasteiger partial charge in [0.25, 0.3) is 0 Å². The van der Waals surface area contributed by atoms with E-state index in [4.69, 9.17) is 4.74 Å². The molecule has 1 fully saturated rings. The summed E-state index contributed by atoms with van der Waals surface area (Å²) in [5, 5.41) is 2.94. The Morgan fingerprint density at radius 1 is 1.50 bits per heavy atom. The Kier molecular flexibility index (Phi) is 5.18. The smallest absolute Gasteiger partial charge is 0.322 e. The van der Waals surface area contributed by atoms with E-state index in [0.29, 0.717) is 13.2 Å². The van der Waals surface area contributed by atoms with Crippen molar-refractivity contribution in [3.05, 3.63) is 36.4 Å². The highest BCUT2D eigenvalue weighted by Crippen LogP contribution is 2.19. The van der Waals surface area contributed by atoms with Crippen LogP contribution in [0.25, 0.3) is 6.08 Å². The van der Waals surface area contributed by atoms with Gasteiger partial charge in [-0.05, 0) is 37.5 Å². The number of ether oxygens (including phenoxy) is 1. The van der Waals surface area contributed by atoms with E-state index in [2.05, 4.69) is 11.9 Å². The molecule has 1 atom stereocenters. The zero-order valence-electron chi connectivity index (χ0n) is 12.0. The molecule has 4 nitrogen and oxygen atoms in total. The Morgan fingerprint density at radius 2 is 2.25 bits per heavy atom. The summed E-state index contributed by atoms with van der Waals surface area (Å²) in [5.41, 5.74) is 1.85. The summed E-state index contributed by atoms with van der Waals surface area (Å²) in [5.74, 6) is 0. The van der Waals surface area contributed by atoms with Crippen molar-refractivity contribution < 1.29 is 9.53 Å². The minimum absolute atomic E-state index is 0.0430. The fraction of sp³-hybridized carbons (Fsp3) is 0.438. The lowest BCUT2D eigenvalue weighted by molar-refractivity contribution is 0.0970. The fourth-order valence-electron chi connectivity index (χ4n) is 2.43. The lowest BCUT2D eigenvalue weighted by Crippen LogP contribution is -2.41. The van der Waals surface area contributed by atoms with Gasteiger partial charge >= 0.3 is 6.03 Å². The maximum atomic E-state index is 12.3. The van der Waals surface area contributed by atoms with Gasteiger partial charge in [0.15, 0.2) is 0 Å². The van der Waals surface area contributed by atoms with Crippen LogP contribution >= 0.6 is 0 Å². The van der Waals surface area contributed by atoms with Crippen molar-refractivity contribution in [3.63, 3.8) is 0 Å². The van der Waals surface area contributed by atoms with Crippen molar-refractivity contribution in [2.75, 3.05) is 25.1 Å². The van der Waals surface area contributed by atoms with Gasteiger partial charge in [-0.2, -0.15) is 0 Å². The molecule has 1 aromatic carbocycles. The number of likely N-dealkylation sites (tertiary alicyclic amines) is 1. The molecule has 4 heteroatoms. The second kappa shape index (κ2) is 7.10. The highest BCUT2D eigenvalue weighted by molar-refractivity contribution is 5.89. The summed E-state index contributed by atoms with van der Waals surface area (Å²) in [4.78, 5) is 14.2. The van der Waals surface area contributed by atoms with Gasteiger partial charge < -0.3 is 15.0 Å². The number of hydrogen-bond acceptors (Lipinski definition) is 2. The summed E-state index contributed by atoms with van der Waals surface area (Å²) in [7, 11) is 0. The van der Waals surface area contributed by atoms with Gasteiger partial charge in [-0.25, -0.2) is 4.79 Å². The standard InChI is InChI=1S/C16H22N2O2/c1-3-13-7-9-14(10-8-13)17-16(19)18-11-5-6-15(18)12-20-4-2/h3,7-10,15H,1,4-6,11-12H2,2H3,(H,17,19)/t15-/m0/s1. The summed E-state index contributed by atoms with van der Waals surface area (Å²) in [6, 6.07) is 7.81. The molecule has 1 aliphatic rings. The third-order valence-electron chi connectivity index (χ3n) is 3.55. The van der Waals surface area contributed by atoms with E-state index in [1.54, 1.807) is 6.08 Å². The highest BCUT2D eigenvalue weighted by atomic mass is 16.5. The van der Waals surface area contributed by atoms with Gasteiger partial charge in [0.1, 0.15) is 0 Å². The summed E-state index contributed by atoms with van der Waals surface area (Å²) < 4.78 is 5.45. The van der Waals surface area contributed by atoms with Crippen molar-refractivity contribution in [1.82, 2.24) is 4.90 Å². The number of carbonyl (C=O) groups excluding carboxylic acids is 1. The summed E-state index contributed by atoms with van der Waals surface area (Å²) in [6.07, 6.45) is 3.84. The number of nitrogens with one attached hydrogen (secondary N) is 1. The first kappa shape index (κ1) is 14.6. The van der Waals surface area contributed by atoms with E-state index in [1.165, 1.54) is 0 Å². The topological polar surface area (TPSA) is 41.6 Å². The number of rotatable bonds is 5. The summed E-state index contributed by atoms with van der Waals surface area (Å²) >= 11 is 0. The van der Waals surface area contributed by atoms with Crippen molar-refractivity contribution in [3.8, 4) is 0 Å². The van der Waals surface area contributed by atoms with Crippen molar-refractivity contribution in [2.24, 2.45) is 0 Å². The Balaban J connectivity index is 1.94. The molecule has 1 aromatic rings. The number of carbonyl (C=O) groups is 1. The predicted molar refractivity (Wildman–Crippen MR) is 81.8 cm³/mol. The van der Waals surface area contributed by atoms with Crippen LogP contribution in [0.4, 0.5) is 10.5 Å². The lowest BCUT2D eigenvalue weighted by atomic mass is 10.2. The second-order valence-corrected chi connectivity index (χ2v) is 4.91. The van der Waals surface area contributed by atoms with Gasteiger partial charge in [-0.15, -0.1) is 0 Å². The molecule has 2 amide bonds. The first-order valence-electron chi connectivity index (χ1n) is 7.12. The first-order chi connectivity index (χ1) is 9.74. The van der Waals surface area contributed by atoms with E-state index in [9.17, 15) is 4.79 Å². The van der Waals surface area contributed by atoms with E-state index in [-0.39, 0.29) is 12.1 Å². The molecular formula is C16H22N2O2.